The van der Waals surface area contributed by atoms with Gasteiger partial charge in [-0.1, -0.05) is 24.6 Å². The highest BCUT2D eigenvalue weighted by molar-refractivity contribution is 6.01. The number of fused-ring (bicyclic) bond motifs is 1. The Kier molecular flexibility index (Phi) is 3.55. The Balaban J connectivity index is 1.94. The van der Waals surface area contributed by atoms with Gasteiger partial charge in [-0.2, -0.15) is 0 Å². The fourth-order valence-corrected chi connectivity index (χ4v) is 3.64. The van der Waals surface area contributed by atoms with Crippen molar-refractivity contribution in [2.45, 2.75) is 51.5 Å². The molecule has 1 atom stereocenters. The molecular formula is C17H24N2O. The molecule has 2 aliphatic rings. The number of rotatable bonds is 2. The maximum Gasteiger partial charge on any atom is 0.247 e. The number of amides is 1. The Hall–Kier alpha value is -1.35. The zero-order chi connectivity index (χ0) is 14.2. The third kappa shape index (κ3) is 2.14. The van der Waals surface area contributed by atoms with Gasteiger partial charge in [0.2, 0.25) is 5.91 Å². The molecule has 1 aromatic carbocycles. The smallest absolute Gasteiger partial charge is 0.247 e. The monoisotopic (exact) mass is 272 g/mol. The van der Waals surface area contributed by atoms with Crippen molar-refractivity contribution in [3.63, 3.8) is 0 Å². The summed E-state index contributed by atoms with van der Waals surface area (Å²) in [4.78, 5) is 15.1. The zero-order valence-corrected chi connectivity index (χ0v) is 12.5. The summed E-state index contributed by atoms with van der Waals surface area (Å²) in [5.74, 6) is 0.280. The van der Waals surface area contributed by atoms with Crippen LogP contribution in [0.2, 0.25) is 0 Å². The summed E-state index contributed by atoms with van der Waals surface area (Å²) in [6.07, 6.45) is 5.12. The van der Waals surface area contributed by atoms with Crippen LogP contribution in [0.1, 0.15) is 43.7 Å². The van der Waals surface area contributed by atoms with Gasteiger partial charge in [0.05, 0.1) is 5.54 Å². The minimum absolute atomic E-state index is 0.280. The van der Waals surface area contributed by atoms with E-state index in [1.807, 2.05) is 4.90 Å². The van der Waals surface area contributed by atoms with Crippen molar-refractivity contribution in [3.8, 4) is 0 Å². The summed E-state index contributed by atoms with van der Waals surface area (Å²) in [5, 5.41) is 3.47. The van der Waals surface area contributed by atoms with Gasteiger partial charge < -0.3 is 10.2 Å². The van der Waals surface area contributed by atoms with Gasteiger partial charge in [0.15, 0.2) is 0 Å². The van der Waals surface area contributed by atoms with Gasteiger partial charge in [-0.15, -0.1) is 0 Å². The Bertz CT molecular complexity index is 518. The van der Waals surface area contributed by atoms with Gasteiger partial charge in [0.25, 0.3) is 0 Å². The van der Waals surface area contributed by atoms with E-state index in [1.54, 1.807) is 0 Å². The van der Waals surface area contributed by atoms with Crippen molar-refractivity contribution in [1.82, 2.24) is 5.32 Å². The van der Waals surface area contributed by atoms with Gasteiger partial charge >= 0.3 is 0 Å². The molecule has 2 heterocycles. The maximum absolute atomic E-state index is 13.1. The molecule has 1 N–H and O–H groups in total. The molecule has 108 valence electrons. The Labute approximate surface area is 121 Å². The Morgan fingerprint density at radius 1 is 1.40 bits per heavy atom. The number of nitrogens with one attached hydrogen (secondary N) is 1. The lowest BCUT2D eigenvalue weighted by Crippen LogP contribution is -2.55. The first-order valence-electron chi connectivity index (χ1n) is 7.83. The molecule has 1 aromatic rings. The average molecular weight is 272 g/mol. The van der Waals surface area contributed by atoms with Crippen LogP contribution in [0.3, 0.4) is 0 Å². The lowest BCUT2D eigenvalue weighted by atomic mass is 9.90. The molecule has 1 fully saturated rings. The van der Waals surface area contributed by atoms with Gasteiger partial charge in [-0.25, -0.2) is 0 Å². The van der Waals surface area contributed by atoms with Crippen LogP contribution in [-0.4, -0.2) is 24.5 Å². The van der Waals surface area contributed by atoms with Crippen LogP contribution in [0.4, 0.5) is 5.69 Å². The average Bonchev–Trinajstić information content (AvgIpc) is 2.95. The summed E-state index contributed by atoms with van der Waals surface area (Å²) in [6.45, 7) is 6.07. The number of nitrogens with zero attached hydrogens (tertiary/aromatic N) is 1. The van der Waals surface area contributed by atoms with Crippen molar-refractivity contribution in [1.29, 1.82) is 0 Å². The maximum atomic E-state index is 13.1. The van der Waals surface area contributed by atoms with E-state index in [0.29, 0.717) is 0 Å². The molecule has 1 amide bonds. The Morgan fingerprint density at radius 3 is 2.95 bits per heavy atom. The number of aryl methyl sites for hydroxylation is 2. The highest BCUT2D eigenvalue weighted by Gasteiger charge is 2.42. The summed E-state index contributed by atoms with van der Waals surface area (Å²) in [7, 11) is 0. The topological polar surface area (TPSA) is 32.3 Å². The van der Waals surface area contributed by atoms with E-state index in [-0.39, 0.29) is 11.4 Å². The molecule has 0 radical (unpaired) electrons. The molecule has 20 heavy (non-hydrogen) atoms. The second-order valence-electron chi connectivity index (χ2n) is 6.16. The van der Waals surface area contributed by atoms with Crippen molar-refractivity contribution in [2.75, 3.05) is 18.0 Å². The molecule has 3 heteroatoms. The highest BCUT2D eigenvalue weighted by atomic mass is 16.2. The van der Waals surface area contributed by atoms with Crippen LogP contribution in [0.15, 0.2) is 18.2 Å². The first-order chi connectivity index (χ1) is 9.66. The molecule has 3 rings (SSSR count). The van der Waals surface area contributed by atoms with Crippen LogP contribution in [0.5, 0.6) is 0 Å². The number of hydrogen-bond acceptors (Lipinski definition) is 2. The van der Waals surface area contributed by atoms with E-state index < -0.39 is 0 Å². The van der Waals surface area contributed by atoms with Crippen LogP contribution in [0, 0.1) is 6.92 Å². The predicted octanol–water partition coefficient (Wildman–Crippen LogP) is 2.81. The third-order valence-corrected chi connectivity index (χ3v) is 4.86. The summed E-state index contributed by atoms with van der Waals surface area (Å²) >= 11 is 0. The van der Waals surface area contributed by atoms with E-state index in [9.17, 15) is 4.79 Å². The number of carbonyl (C=O) groups is 1. The molecule has 2 aliphatic heterocycles. The van der Waals surface area contributed by atoms with E-state index in [4.69, 9.17) is 0 Å². The molecule has 1 saturated heterocycles. The van der Waals surface area contributed by atoms with Gasteiger partial charge in [-0.3, -0.25) is 4.79 Å². The van der Waals surface area contributed by atoms with Gasteiger partial charge in [0.1, 0.15) is 0 Å². The lowest BCUT2D eigenvalue weighted by Gasteiger charge is -2.37. The van der Waals surface area contributed by atoms with E-state index in [2.05, 4.69) is 37.4 Å². The molecule has 0 saturated carbocycles. The van der Waals surface area contributed by atoms with Gasteiger partial charge in [-0.05, 0) is 57.2 Å². The Morgan fingerprint density at radius 2 is 2.25 bits per heavy atom. The number of hydrogen-bond donors (Lipinski definition) is 1. The fourth-order valence-electron chi connectivity index (χ4n) is 3.64. The van der Waals surface area contributed by atoms with Gasteiger partial charge in [0, 0.05) is 12.2 Å². The molecule has 0 aliphatic carbocycles. The van der Waals surface area contributed by atoms with E-state index >= 15 is 0 Å². The second kappa shape index (κ2) is 5.21. The zero-order valence-electron chi connectivity index (χ0n) is 12.5. The minimum Gasteiger partial charge on any atom is -0.311 e. The SMILES string of the molecule is CCC1(C(=O)N2CCCc3cc(C)ccc32)CCCN1. The molecule has 3 nitrogen and oxygen atoms in total. The summed E-state index contributed by atoms with van der Waals surface area (Å²) in [6, 6.07) is 6.47. The van der Waals surface area contributed by atoms with Crippen molar-refractivity contribution < 1.29 is 4.79 Å². The molecule has 0 aromatic heterocycles. The van der Waals surface area contributed by atoms with Crippen LogP contribution in [0.25, 0.3) is 0 Å². The van der Waals surface area contributed by atoms with E-state index in [1.165, 1.54) is 11.1 Å². The third-order valence-electron chi connectivity index (χ3n) is 4.86. The van der Waals surface area contributed by atoms with Crippen molar-refractivity contribution in [2.24, 2.45) is 0 Å². The second-order valence-corrected chi connectivity index (χ2v) is 6.16. The minimum atomic E-state index is -0.320. The molecular weight excluding hydrogens is 248 g/mol. The normalized spacial score (nSPS) is 25.6. The van der Waals surface area contributed by atoms with E-state index in [0.717, 1.165) is 50.9 Å². The van der Waals surface area contributed by atoms with Crippen molar-refractivity contribution >= 4 is 11.6 Å². The quantitative estimate of drug-likeness (QED) is 0.898. The molecule has 0 bridgehead atoms. The molecule has 1 unspecified atom stereocenters. The molecule has 0 spiro atoms. The summed E-state index contributed by atoms with van der Waals surface area (Å²) < 4.78 is 0. The highest BCUT2D eigenvalue weighted by Crippen LogP contribution is 2.33. The standard InChI is InChI=1S/C17H24N2O/c1-3-17(9-5-10-18-17)16(20)19-11-4-6-14-12-13(2)7-8-15(14)19/h7-8,12,18H,3-6,9-11H2,1-2H3. The number of benzene rings is 1. The first kappa shape index (κ1) is 13.6. The van der Waals surface area contributed by atoms with Crippen LogP contribution in [-0.2, 0) is 11.2 Å². The summed E-state index contributed by atoms with van der Waals surface area (Å²) in [5.41, 5.74) is 3.42. The largest absolute Gasteiger partial charge is 0.311 e. The van der Waals surface area contributed by atoms with Crippen LogP contribution >= 0.6 is 0 Å². The predicted molar refractivity (Wildman–Crippen MR) is 82.1 cm³/mol. The van der Waals surface area contributed by atoms with Crippen molar-refractivity contribution in [3.05, 3.63) is 29.3 Å². The fraction of sp³-hybridized carbons (Fsp3) is 0.588. The first-order valence-corrected chi connectivity index (χ1v) is 7.83. The number of carbonyl (C=O) groups excluding carboxylic acids is 1. The lowest BCUT2D eigenvalue weighted by molar-refractivity contribution is -0.124. The number of anilines is 1. The van der Waals surface area contributed by atoms with Crippen LogP contribution < -0.4 is 10.2 Å².